The molecule has 0 saturated heterocycles. The molecule has 0 bridgehead atoms. The number of carbonyl (C=O) groups is 1. The van der Waals surface area contributed by atoms with Gasteiger partial charge in [0.1, 0.15) is 6.67 Å². The molecule has 0 spiro atoms. The second-order valence-corrected chi connectivity index (χ2v) is 2.97. The van der Waals surface area contributed by atoms with E-state index in [-0.39, 0.29) is 5.69 Å². The van der Waals surface area contributed by atoms with E-state index >= 15 is 0 Å². The summed E-state index contributed by atoms with van der Waals surface area (Å²) in [5, 5.41) is 0.854. The fourth-order valence-electron chi connectivity index (χ4n) is 1.38. The van der Waals surface area contributed by atoms with Crippen molar-refractivity contribution in [1.29, 1.82) is 0 Å². The summed E-state index contributed by atoms with van der Waals surface area (Å²) in [5.74, 6) is 0. The summed E-state index contributed by atoms with van der Waals surface area (Å²) in [6.07, 6.45) is 0.633. The highest BCUT2D eigenvalue weighted by atomic mass is 19.1. The minimum absolute atomic E-state index is 0.207. The van der Waals surface area contributed by atoms with E-state index in [1.54, 1.807) is 12.1 Å². The number of pyridine rings is 1. The Kier molecular flexibility index (Phi) is 2.23. The molecule has 70 valence electrons. The third-order valence-electron chi connectivity index (χ3n) is 2.09. The maximum Gasteiger partial charge on any atom is 0.152 e. The Bertz CT molecular complexity index is 482. The number of hydrogen-bond donors (Lipinski definition) is 0. The Morgan fingerprint density at radius 3 is 2.86 bits per heavy atom. The average molecular weight is 189 g/mol. The number of aromatic nitrogens is 1. The standard InChI is InChI=1S/C11H8FNO/c12-6-11-9(7-14)5-8-3-1-2-4-10(8)13-11/h1-5,7H,6H2. The van der Waals surface area contributed by atoms with Gasteiger partial charge in [-0.3, -0.25) is 4.79 Å². The zero-order chi connectivity index (χ0) is 9.97. The smallest absolute Gasteiger partial charge is 0.152 e. The van der Waals surface area contributed by atoms with Crippen molar-refractivity contribution in [2.45, 2.75) is 6.67 Å². The van der Waals surface area contributed by atoms with Crippen molar-refractivity contribution in [2.24, 2.45) is 0 Å². The number of fused-ring (bicyclic) bond motifs is 1. The van der Waals surface area contributed by atoms with Gasteiger partial charge in [0.2, 0.25) is 0 Å². The van der Waals surface area contributed by atoms with Crippen LogP contribution in [0.2, 0.25) is 0 Å². The van der Waals surface area contributed by atoms with E-state index < -0.39 is 6.67 Å². The fourth-order valence-corrected chi connectivity index (χ4v) is 1.38. The molecule has 2 rings (SSSR count). The molecule has 1 heterocycles. The molecule has 1 aromatic heterocycles. The molecular weight excluding hydrogens is 181 g/mol. The van der Waals surface area contributed by atoms with E-state index in [4.69, 9.17) is 0 Å². The number of nitrogens with zero attached hydrogens (tertiary/aromatic N) is 1. The zero-order valence-electron chi connectivity index (χ0n) is 7.40. The van der Waals surface area contributed by atoms with Gasteiger partial charge in [-0.05, 0) is 12.1 Å². The fraction of sp³-hybridized carbons (Fsp3) is 0.0909. The molecule has 0 unspecified atom stereocenters. The highest BCUT2D eigenvalue weighted by molar-refractivity contribution is 5.87. The first-order chi connectivity index (χ1) is 6.85. The summed E-state index contributed by atoms with van der Waals surface area (Å²) in [6, 6.07) is 8.98. The number of hydrogen-bond acceptors (Lipinski definition) is 2. The SMILES string of the molecule is O=Cc1cc2ccccc2nc1CF. The number of para-hydroxylation sites is 1. The molecule has 1 aromatic carbocycles. The van der Waals surface area contributed by atoms with Crippen LogP contribution in [0, 0.1) is 0 Å². The number of carbonyl (C=O) groups excluding carboxylic acids is 1. The molecule has 0 amide bonds. The van der Waals surface area contributed by atoms with Crippen LogP contribution >= 0.6 is 0 Å². The molecule has 0 radical (unpaired) electrons. The van der Waals surface area contributed by atoms with Crippen LogP contribution in [0.25, 0.3) is 10.9 Å². The molecule has 0 atom stereocenters. The first-order valence-electron chi connectivity index (χ1n) is 4.25. The lowest BCUT2D eigenvalue weighted by Crippen LogP contribution is -1.95. The number of halogens is 1. The first kappa shape index (κ1) is 8.81. The summed E-state index contributed by atoms with van der Waals surface area (Å²) in [6.45, 7) is -0.709. The second kappa shape index (κ2) is 3.54. The Morgan fingerprint density at radius 1 is 1.36 bits per heavy atom. The predicted molar refractivity (Wildman–Crippen MR) is 51.9 cm³/mol. The van der Waals surface area contributed by atoms with Crippen LogP contribution in [0.5, 0.6) is 0 Å². The summed E-state index contributed by atoms with van der Waals surface area (Å²) in [5.41, 5.74) is 1.25. The molecular formula is C11H8FNO. The summed E-state index contributed by atoms with van der Waals surface area (Å²) in [7, 11) is 0. The molecule has 2 nitrogen and oxygen atoms in total. The van der Waals surface area contributed by atoms with E-state index in [9.17, 15) is 9.18 Å². The Labute approximate surface area is 80.4 Å². The minimum atomic E-state index is -0.709. The molecule has 0 aliphatic rings. The zero-order valence-corrected chi connectivity index (χ0v) is 7.40. The lowest BCUT2D eigenvalue weighted by atomic mass is 10.1. The largest absolute Gasteiger partial charge is 0.298 e. The third kappa shape index (κ3) is 1.37. The van der Waals surface area contributed by atoms with Gasteiger partial charge in [-0.2, -0.15) is 0 Å². The van der Waals surface area contributed by atoms with E-state index in [1.165, 1.54) is 0 Å². The van der Waals surface area contributed by atoms with Gasteiger partial charge >= 0.3 is 0 Å². The quantitative estimate of drug-likeness (QED) is 0.679. The van der Waals surface area contributed by atoms with E-state index in [0.717, 1.165) is 5.39 Å². The van der Waals surface area contributed by atoms with Crippen LogP contribution < -0.4 is 0 Å². The Morgan fingerprint density at radius 2 is 2.14 bits per heavy atom. The molecule has 0 aliphatic heterocycles. The van der Waals surface area contributed by atoms with E-state index in [1.807, 2.05) is 18.2 Å². The number of rotatable bonds is 2. The Hall–Kier alpha value is -1.77. The van der Waals surface area contributed by atoms with Gasteiger partial charge in [0.25, 0.3) is 0 Å². The van der Waals surface area contributed by atoms with Crippen molar-refractivity contribution >= 4 is 17.2 Å². The van der Waals surface area contributed by atoms with E-state index in [0.29, 0.717) is 17.4 Å². The van der Waals surface area contributed by atoms with Gasteiger partial charge in [0.05, 0.1) is 11.2 Å². The molecule has 2 aromatic rings. The van der Waals surface area contributed by atoms with Crippen LogP contribution in [-0.4, -0.2) is 11.3 Å². The second-order valence-electron chi connectivity index (χ2n) is 2.97. The molecule has 3 heteroatoms. The maximum absolute atomic E-state index is 12.5. The summed E-state index contributed by atoms with van der Waals surface area (Å²) < 4.78 is 12.5. The van der Waals surface area contributed by atoms with Gasteiger partial charge in [-0.25, -0.2) is 9.37 Å². The monoisotopic (exact) mass is 189 g/mol. The topological polar surface area (TPSA) is 30.0 Å². The first-order valence-corrected chi connectivity index (χ1v) is 4.25. The van der Waals surface area contributed by atoms with E-state index in [2.05, 4.69) is 4.98 Å². The van der Waals surface area contributed by atoms with Crippen molar-refractivity contribution in [3.63, 3.8) is 0 Å². The van der Waals surface area contributed by atoms with Crippen molar-refractivity contribution in [3.8, 4) is 0 Å². The minimum Gasteiger partial charge on any atom is -0.298 e. The normalized spacial score (nSPS) is 10.4. The predicted octanol–water partition coefficient (Wildman–Crippen LogP) is 2.52. The third-order valence-corrected chi connectivity index (χ3v) is 2.09. The average Bonchev–Trinajstić information content (AvgIpc) is 2.27. The lowest BCUT2D eigenvalue weighted by Gasteiger charge is -2.02. The number of benzene rings is 1. The molecule has 0 fully saturated rings. The summed E-state index contributed by atoms with van der Waals surface area (Å²) in [4.78, 5) is 14.7. The van der Waals surface area contributed by atoms with Gasteiger partial charge in [-0.1, -0.05) is 18.2 Å². The number of alkyl halides is 1. The van der Waals surface area contributed by atoms with Crippen molar-refractivity contribution in [2.75, 3.05) is 0 Å². The van der Waals surface area contributed by atoms with Crippen LogP contribution in [-0.2, 0) is 6.67 Å². The van der Waals surface area contributed by atoms with Crippen LogP contribution in [0.1, 0.15) is 16.1 Å². The summed E-state index contributed by atoms with van der Waals surface area (Å²) >= 11 is 0. The Balaban J connectivity index is 2.75. The van der Waals surface area contributed by atoms with Crippen molar-refractivity contribution < 1.29 is 9.18 Å². The van der Waals surface area contributed by atoms with Crippen LogP contribution in [0.15, 0.2) is 30.3 Å². The molecule has 14 heavy (non-hydrogen) atoms. The molecule has 0 aliphatic carbocycles. The highest BCUT2D eigenvalue weighted by Gasteiger charge is 2.04. The van der Waals surface area contributed by atoms with Gasteiger partial charge in [0.15, 0.2) is 6.29 Å². The molecule has 0 N–H and O–H groups in total. The van der Waals surface area contributed by atoms with Crippen molar-refractivity contribution in [3.05, 3.63) is 41.6 Å². The van der Waals surface area contributed by atoms with Crippen LogP contribution in [0.3, 0.4) is 0 Å². The van der Waals surface area contributed by atoms with Crippen LogP contribution in [0.4, 0.5) is 4.39 Å². The van der Waals surface area contributed by atoms with Crippen molar-refractivity contribution in [1.82, 2.24) is 4.98 Å². The maximum atomic E-state index is 12.5. The highest BCUT2D eigenvalue weighted by Crippen LogP contribution is 2.15. The lowest BCUT2D eigenvalue weighted by molar-refractivity contribution is 0.112. The van der Waals surface area contributed by atoms with Gasteiger partial charge < -0.3 is 0 Å². The van der Waals surface area contributed by atoms with Gasteiger partial charge in [0, 0.05) is 10.9 Å². The molecule has 0 saturated carbocycles. The number of aldehydes is 1. The van der Waals surface area contributed by atoms with Gasteiger partial charge in [-0.15, -0.1) is 0 Å².